The zero-order chi connectivity index (χ0) is 13.5. The number of nitrogens with zero attached hydrogens (tertiary/aromatic N) is 1. The fourth-order valence-electron chi connectivity index (χ4n) is 3.41. The van der Waals surface area contributed by atoms with Crippen LogP contribution in [0.25, 0.3) is 0 Å². The Kier molecular flexibility index (Phi) is 6.57. The Morgan fingerprint density at radius 2 is 2.00 bits per heavy atom. The third kappa shape index (κ3) is 4.71. The molecule has 3 unspecified atom stereocenters. The first-order valence-corrected chi connectivity index (χ1v) is 7.99. The van der Waals surface area contributed by atoms with E-state index in [4.69, 9.17) is 4.74 Å². The highest BCUT2D eigenvalue weighted by atomic mass is 16.5. The lowest BCUT2D eigenvalue weighted by molar-refractivity contribution is -0.0260. The summed E-state index contributed by atoms with van der Waals surface area (Å²) in [4.78, 5) is 2.45. The maximum absolute atomic E-state index is 9.42. The molecule has 1 heterocycles. The Bertz CT molecular complexity index is 250. The predicted molar refractivity (Wildman–Crippen MR) is 77.3 cm³/mol. The molecular weight excluding hydrogens is 240 g/mol. The van der Waals surface area contributed by atoms with E-state index in [0.717, 1.165) is 39.3 Å². The highest BCUT2D eigenvalue weighted by Gasteiger charge is 2.25. The molecule has 112 valence electrons. The SMILES string of the molecule is CCN1CCOC(CNCC2CCCCC2CO)C1. The third-order valence-corrected chi connectivity index (χ3v) is 4.75. The summed E-state index contributed by atoms with van der Waals surface area (Å²) in [7, 11) is 0. The van der Waals surface area contributed by atoms with Crippen molar-refractivity contribution in [2.24, 2.45) is 11.8 Å². The van der Waals surface area contributed by atoms with E-state index in [9.17, 15) is 5.11 Å². The average molecular weight is 270 g/mol. The van der Waals surface area contributed by atoms with Gasteiger partial charge < -0.3 is 15.2 Å². The Labute approximate surface area is 117 Å². The van der Waals surface area contributed by atoms with Crippen molar-refractivity contribution in [3.05, 3.63) is 0 Å². The zero-order valence-corrected chi connectivity index (χ0v) is 12.3. The molecule has 1 aliphatic heterocycles. The van der Waals surface area contributed by atoms with Gasteiger partial charge in [-0.3, -0.25) is 4.90 Å². The minimum Gasteiger partial charge on any atom is -0.396 e. The van der Waals surface area contributed by atoms with Gasteiger partial charge in [-0.2, -0.15) is 0 Å². The lowest BCUT2D eigenvalue weighted by atomic mass is 9.79. The van der Waals surface area contributed by atoms with E-state index >= 15 is 0 Å². The minimum absolute atomic E-state index is 0.338. The molecule has 19 heavy (non-hydrogen) atoms. The van der Waals surface area contributed by atoms with Crippen molar-refractivity contribution in [2.45, 2.75) is 38.7 Å². The van der Waals surface area contributed by atoms with Crippen molar-refractivity contribution >= 4 is 0 Å². The van der Waals surface area contributed by atoms with Gasteiger partial charge in [0.2, 0.25) is 0 Å². The first-order valence-electron chi connectivity index (χ1n) is 7.99. The van der Waals surface area contributed by atoms with E-state index in [1.54, 1.807) is 0 Å². The van der Waals surface area contributed by atoms with Crippen LogP contribution in [0.3, 0.4) is 0 Å². The molecule has 2 fully saturated rings. The smallest absolute Gasteiger partial charge is 0.0826 e. The average Bonchev–Trinajstić information content (AvgIpc) is 2.48. The Morgan fingerprint density at radius 1 is 1.21 bits per heavy atom. The summed E-state index contributed by atoms with van der Waals surface area (Å²) in [6.07, 6.45) is 5.42. The quantitative estimate of drug-likeness (QED) is 0.758. The number of ether oxygens (including phenoxy) is 1. The van der Waals surface area contributed by atoms with E-state index in [-0.39, 0.29) is 0 Å². The summed E-state index contributed by atoms with van der Waals surface area (Å²) in [5.74, 6) is 1.17. The molecule has 0 bridgehead atoms. The highest BCUT2D eigenvalue weighted by molar-refractivity contribution is 4.78. The van der Waals surface area contributed by atoms with E-state index < -0.39 is 0 Å². The summed E-state index contributed by atoms with van der Waals surface area (Å²) in [6.45, 7) is 8.67. The number of aliphatic hydroxyl groups excluding tert-OH is 1. The van der Waals surface area contributed by atoms with Crippen molar-refractivity contribution in [3.8, 4) is 0 Å². The molecule has 0 aromatic carbocycles. The lowest BCUT2D eigenvalue weighted by Crippen LogP contribution is -2.47. The number of nitrogens with one attached hydrogen (secondary N) is 1. The van der Waals surface area contributed by atoms with Gasteiger partial charge in [0.25, 0.3) is 0 Å². The maximum Gasteiger partial charge on any atom is 0.0826 e. The van der Waals surface area contributed by atoms with Crippen LogP contribution in [-0.2, 0) is 4.74 Å². The molecular formula is C15H30N2O2. The molecule has 0 spiro atoms. The van der Waals surface area contributed by atoms with Crippen LogP contribution in [0.4, 0.5) is 0 Å². The molecule has 0 aromatic rings. The second kappa shape index (κ2) is 8.20. The predicted octanol–water partition coefficient (Wildman–Crippen LogP) is 1.10. The lowest BCUT2D eigenvalue weighted by Gasteiger charge is -2.34. The molecule has 4 heteroatoms. The molecule has 1 saturated carbocycles. The van der Waals surface area contributed by atoms with Crippen LogP contribution in [0.5, 0.6) is 0 Å². The zero-order valence-electron chi connectivity index (χ0n) is 12.3. The Balaban J connectivity index is 1.65. The normalized spacial score (nSPS) is 33.5. The van der Waals surface area contributed by atoms with E-state index in [0.29, 0.717) is 24.5 Å². The van der Waals surface area contributed by atoms with Gasteiger partial charge in [-0.25, -0.2) is 0 Å². The number of likely N-dealkylation sites (N-methyl/N-ethyl adjacent to an activating group) is 1. The Hall–Kier alpha value is -0.160. The van der Waals surface area contributed by atoms with Gasteiger partial charge >= 0.3 is 0 Å². The van der Waals surface area contributed by atoms with Crippen LogP contribution < -0.4 is 5.32 Å². The van der Waals surface area contributed by atoms with Crippen molar-refractivity contribution in [2.75, 3.05) is 45.9 Å². The molecule has 2 rings (SSSR count). The summed E-state index contributed by atoms with van der Waals surface area (Å²) in [5.41, 5.74) is 0. The van der Waals surface area contributed by atoms with Crippen LogP contribution in [0.2, 0.25) is 0 Å². The van der Waals surface area contributed by atoms with Crippen molar-refractivity contribution < 1.29 is 9.84 Å². The second-order valence-electron chi connectivity index (χ2n) is 6.03. The molecule has 1 aliphatic carbocycles. The molecule has 2 N–H and O–H groups in total. The van der Waals surface area contributed by atoms with Crippen LogP contribution in [-0.4, -0.2) is 62.0 Å². The first kappa shape index (κ1) is 15.2. The molecule has 1 saturated heterocycles. The van der Waals surface area contributed by atoms with Crippen molar-refractivity contribution in [3.63, 3.8) is 0 Å². The summed E-state index contributed by atoms with van der Waals surface area (Å²) in [6, 6.07) is 0. The van der Waals surface area contributed by atoms with Gasteiger partial charge in [0, 0.05) is 26.2 Å². The fourth-order valence-corrected chi connectivity index (χ4v) is 3.41. The monoisotopic (exact) mass is 270 g/mol. The molecule has 0 radical (unpaired) electrons. The van der Waals surface area contributed by atoms with E-state index in [2.05, 4.69) is 17.1 Å². The number of rotatable bonds is 6. The molecule has 3 atom stereocenters. The van der Waals surface area contributed by atoms with Crippen molar-refractivity contribution in [1.29, 1.82) is 0 Å². The van der Waals surface area contributed by atoms with Crippen molar-refractivity contribution in [1.82, 2.24) is 10.2 Å². The molecule has 0 amide bonds. The topological polar surface area (TPSA) is 44.7 Å². The molecule has 2 aliphatic rings. The fraction of sp³-hybridized carbons (Fsp3) is 1.00. The molecule has 4 nitrogen and oxygen atoms in total. The minimum atomic E-state index is 0.338. The Morgan fingerprint density at radius 3 is 2.74 bits per heavy atom. The van der Waals surface area contributed by atoms with Gasteiger partial charge in [0.15, 0.2) is 0 Å². The standard InChI is InChI=1S/C15H30N2O2/c1-2-17-7-8-19-15(11-17)10-16-9-13-5-3-4-6-14(13)12-18/h13-16,18H,2-12H2,1H3. The van der Waals surface area contributed by atoms with Gasteiger partial charge in [-0.05, 0) is 37.8 Å². The number of aliphatic hydroxyl groups is 1. The van der Waals surface area contributed by atoms with Crippen LogP contribution in [0, 0.1) is 11.8 Å². The van der Waals surface area contributed by atoms with Gasteiger partial charge in [0.1, 0.15) is 0 Å². The van der Waals surface area contributed by atoms with Gasteiger partial charge in [0.05, 0.1) is 12.7 Å². The van der Waals surface area contributed by atoms with Gasteiger partial charge in [-0.15, -0.1) is 0 Å². The number of hydrogen-bond donors (Lipinski definition) is 2. The van der Waals surface area contributed by atoms with Crippen LogP contribution in [0.15, 0.2) is 0 Å². The highest BCUT2D eigenvalue weighted by Crippen LogP contribution is 2.29. The summed E-state index contributed by atoms with van der Waals surface area (Å²) < 4.78 is 5.80. The van der Waals surface area contributed by atoms with E-state index in [1.165, 1.54) is 25.7 Å². The number of hydrogen-bond acceptors (Lipinski definition) is 4. The second-order valence-corrected chi connectivity index (χ2v) is 6.03. The van der Waals surface area contributed by atoms with Crippen LogP contribution in [0.1, 0.15) is 32.6 Å². The largest absolute Gasteiger partial charge is 0.396 e. The third-order valence-electron chi connectivity index (χ3n) is 4.75. The maximum atomic E-state index is 9.42. The first-order chi connectivity index (χ1) is 9.33. The number of morpholine rings is 1. The van der Waals surface area contributed by atoms with Gasteiger partial charge in [-0.1, -0.05) is 19.8 Å². The summed E-state index contributed by atoms with van der Waals surface area (Å²) >= 11 is 0. The van der Waals surface area contributed by atoms with Crippen LogP contribution >= 0.6 is 0 Å². The molecule has 0 aromatic heterocycles. The summed E-state index contributed by atoms with van der Waals surface area (Å²) in [5, 5.41) is 13.0. The van der Waals surface area contributed by atoms with E-state index in [1.807, 2.05) is 0 Å².